The average molecular weight is 259 g/mol. The zero-order chi connectivity index (χ0) is 13.8. The lowest BCUT2D eigenvalue weighted by molar-refractivity contribution is -0.146. The molecule has 0 saturated carbocycles. The van der Waals surface area contributed by atoms with Crippen LogP contribution in [0.4, 0.5) is 0 Å². The molecule has 2 rings (SSSR count). The first-order valence-corrected chi connectivity index (χ1v) is 6.20. The van der Waals surface area contributed by atoms with Gasteiger partial charge in [-0.05, 0) is 19.4 Å². The van der Waals surface area contributed by atoms with Gasteiger partial charge in [-0.1, -0.05) is 35.0 Å². The third-order valence-corrected chi connectivity index (χ3v) is 2.82. The third kappa shape index (κ3) is 3.68. The first-order chi connectivity index (χ1) is 9.04. The van der Waals surface area contributed by atoms with Gasteiger partial charge in [0.15, 0.2) is 0 Å². The van der Waals surface area contributed by atoms with Gasteiger partial charge in [0.2, 0.25) is 0 Å². The molecule has 1 aromatic heterocycles. The predicted molar refractivity (Wildman–Crippen MR) is 70.6 cm³/mol. The van der Waals surface area contributed by atoms with E-state index < -0.39 is 0 Å². The summed E-state index contributed by atoms with van der Waals surface area (Å²) in [4.78, 5) is 11.2. The Morgan fingerprint density at radius 1 is 1.32 bits per heavy atom. The van der Waals surface area contributed by atoms with E-state index in [4.69, 9.17) is 9.26 Å². The van der Waals surface area contributed by atoms with Crippen LogP contribution in [0.15, 0.2) is 34.9 Å². The predicted octanol–water partition coefficient (Wildman–Crippen LogP) is 3.14. The molecule has 0 amide bonds. The smallest absolute Gasteiger partial charge is 0.303 e. The van der Waals surface area contributed by atoms with Crippen molar-refractivity contribution in [3.63, 3.8) is 0 Å². The second-order valence-electron chi connectivity index (χ2n) is 4.65. The van der Waals surface area contributed by atoms with Gasteiger partial charge in [-0.2, -0.15) is 0 Å². The number of hydrogen-bond acceptors (Lipinski definition) is 4. The lowest BCUT2D eigenvalue weighted by atomic mass is 10.0. The zero-order valence-corrected chi connectivity index (χ0v) is 11.3. The fraction of sp³-hybridized carbons (Fsp3) is 0.333. The number of esters is 1. The largest absolute Gasteiger partial charge is 0.457 e. The van der Waals surface area contributed by atoms with Gasteiger partial charge in [0.05, 0.1) is 5.69 Å². The molecule has 0 radical (unpaired) electrons. The minimum atomic E-state index is -0.342. The van der Waals surface area contributed by atoms with Crippen molar-refractivity contribution in [2.45, 2.75) is 33.3 Å². The van der Waals surface area contributed by atoms with Gasteiger partial charge < -0.3 is 9.26 Å². The Balaban J connectivity index is 2.20. The second-order valence-corrected chi connectivity index (χ2v) is 4.65. The summed E-state index contributed by atoms with van der Waals surface area (Å²) in [6.45, 7) is 5.29. The Kier molecular flexibility index (Phi) is 4.00. The number of nitrogens with zero attached hydrogens (tertiary/aromatic N) is 1. The molecule has 0 N–H and O–H groups in total. The van der Waals surface area contributed by atoms with Gasteiger partial charge in [0.1, 0.15) is 11.9 Å². The van der Waals surface area contributed by atoms with E-state index in [1.54, 1.807) is 0 Å². The summed E-state index contributed by atoms with van der Waals surface area (Å²) >= 11 is 0. The molecule has 1 heterocycles. The highest BCUT2D eigenvalue weighted by Gasteiger charge is 2.18. The molecule has 0 fully saturated rings. The number of ether oxygens (including phenoxy) is 1. The van der Waals surface area contributed by atoms with Crippen LogP contribution in [0, 0.1) is 13.8 Å². The maximum Gasteiger partial charge on any atom is 0.303 e. The Bertz CT molecular complexity index is 557. The van der Waals surface area contributed by atoms with Gasteiger partial charge in [-0.15, -0.1) is 0 Å². The van der Waals surface area contributed by atoms with Crippen molar-refractivity contribution in [1.82, 2.24) is 5.16 Å². The van der Waals surface area contributed by atoms with Gasteiger partial charge in [0.25, 0.3) is 0 Å². The molecule has 1 unspecified atom stereocenters. The normalized spacial score (nSPS) is 12.2. The van der Waals surface area contributed by atoms with E-state index in [0.29, 0.717) is 12.2 Å². The van der Waals surface area contributed by atoms with Crippen LogP contribution >= 0.6 is 0 Å². The quantitative estimate of drug-likeness (QED) is 0.791. The summed E-state index contributed by atoms with van der Waals surface area (Å²) in [7, 11) is 0. The number of aryl methyl sites for hydroxylation is 2. The minimum Gasteiger partial charge on any atom is -0.457 e. The second kappa shape index (κ2) is 5.69. The third-order valence-electron chi connectivity index (χ3n) is 2.82. The number of carbonyl (C=O) groups excluding carboxylic acids is 1. The Morgan fingerprint density at radius 2 is 2.00 bits per heavy atom. The molecular formula is C15H17NO3. The lowest BCUT2D eigenvalue weighted by Crippen LogP contribution is -2.11. The summed E-state index contributed by atoms with van der Waals surface area (Å²) in [5.41, 5.74) is 2.94. The molecular weight excluding hydrogens is 242 g/mol. The van der Waals surface area contributed by atoms with Crippen LogP contribution in [-0.4, -0.2) is 11.1 Å². The zero-order valence-electron chi connectivity index (χ0n) is 11.3. The van der Waals surface area contributed by atoms with Gasteiger partial charge in [-0.25, -0.2) is 0 Å². The molecule has 2 aromatic rings. The fourth-order valence-electron chi connectivity index (χ4n) is 1.90. The van der Waals surface area contributed by atoms with Crippen molar-refractivity contribution in [2.75, 3.05) is 0 Å². The molecule has 0 aliphatic rings. The van der Waals surface area contributed by atoms with Gasteiger partial charge >= 0.3 is 5.97 Å². The molecule has 1 atom stereocenters. The monoisotopic (exact) mass is 259 g/mol. The molecule has 0 spiro atoms. The van der Waals surface area contributed by atoms with Crippen LogP contribution < -0.4 is 0 Å². The number of carbonyl (C=O) groups is 1. The highest BCUT2D eigenvalue weighted by molar-refractivity contribution is 5.66. The molecule has 1 aromatic carbocycles. The number of aromatic nitrogens is 1. The van der Waals surface area contributed by atoms with Crippen molar-refractivity contribution in [2.24, 2.45) is 0 Å². The van der Waals surface area contributed by atoms with E-state index in [1.807, 2.05) is 44.2 Å². The van der Waals surface area contributed by atoms with E-state index in [9.17, 15) is 4.79 Å². The van der Waals surface area contributed by atoms with Crippen LogP contribution in [0.3, 0.4) is 0 Å². The van der Waals surface area contributed by atoms with E-state index >= 15 is 0 Å². The van der Waals surface area contributed by atoms with Crippen LogP contribution in [0.5, 0.6) is 0 Å². The van der Waals surface area contributed by atoms with E-state index in [0.717, 1.165) is 11.3 Å². The van der Waals surface area contributed by atoms with Crippen molar-refractivity contribution < 1.29 is 14.1 Å². The minimum absolute atomic E-state index is 0.304. The molecule has 0 aliphatic heterocycles. The van der Waals surface area contributed by atoms with Crippen molar-refractivity contribution in [1.29, 1.82) is 0 Å². The van der Waals surface area contributed by atoms with Crippen LogP contribution in [0.25, 0.3) is 0 Å². The highest BCUT2D eigenvalue weighted by atomic mass is 16.5. The van der Waals surface area contributed by atoms with Gasteiger partial charge in [0, 0.05) is 19.4 Å². The van der Waals surface area contributed by atoms with Crippen LogP contribution in [0.1, 0.15) is 35.6 Å². The topological polar surface area (TPSA) is 52.3 Å². The summed E-state index contributed by atoms with van der Waals surface area (Å²) < 4.78 is 10.5. The Labute approximate surface area is 112 Å². The number of hydrogen-bond donors (Lipinski definition) is 0. The molecule has 19 heavy (non-hydrogen) atoms. The first-order valence-electron chi connectivity index (χ1n) is 6.20. The standard InChI is InChI=1S/C15H17NO3/c1-10-4-6-13(7-5-10)15(18-12(3)17)9-14-8-11(2)16-19-14/h4-8,15H,9H2,1-3H3. The maximum atomic E-state index is 11.2. The summed E-state index contributed by atoms with van der Waals surface area (Å²) in [6, 6.07) is 9.78. The van der Waals surface area contributed by atoms with E-state index in [-0.39, 0.29) is 12.1 Å². The number of benzene rings is 1. The molecule has 4 nitrogen and oxygen atoms in total. The first kappa shape index (κ1) is 13.3. The Morgan fingerprint density at radius 3 is 2.53 bits per heavy atom. The van der Waals surface area contributed by atoms with Crippen LogP contribution in [-0.2, 0) is 16.0 Å². The molecule has 0 aliphatic carbocycles. The van der Waals surface area contributed by atoms with Crippen molar-refractivity contribution in [3.05, 3.63) is 52.9 Å². The molecule has 0 bridgehead atoms. The Hall–Kier alpha value is -2.10. The average Bonchev–Trinajstić information content (AvgIpc) is 2.74. The van der Waals surface area contributed by atoms with E-state index in [1.165, 1.54) is 12.5 Å². The molecule has 0 saturated heterocycles. The maximum absolute atomic E-state index is 11.2. The number of rotatable bonds is 4. The van der Waals surface area contributed by atoms with E-state index in [2.05, 4.69) is 5.16 Å². The fourth-order valence-corrected chi connectivity index (χ4v) is 1.90. The SMILES string of the molecule is CC(=O)OC(Cc1cc(C)no1)c1ccc(C)cc1. The molecule has 100 valence electrons. The lowest BCUT2D eigenvalue weighted by Gasteiger charge is -2.16. The summed E-state index contributed by atoms with van der Waals surface area (Å²) in [5, 5.41) is 3.84. The van der Waals surface area contributed by atoms with Crippen molar-refractivity contribution in [3.8, 4) is 0 Å². The summed E-state index contributed by atoms with van der Waals surface area (Å²) in [6.07, 6.45) is 0.147. The van der Waals surface area contributed by atoms with Crippen LogP contribution in [0.2, 0.25) is 0 Å². The highest BCUT2D eigenvalue weighted by Crippen LogP contribution is 2.23. The summed E-state index contributed by atoms with van der Waals surface area (Å²) in [5.74, 6) is 0.408. The van der Waals surface area contributed by atoms with Gasteiger partial charge in [-0.3, -0.25) is 4.79 Å². The molecule has 4 heteroatoms. The van der Waals surface area contributed by atoms with Crippen molar-refractivity contribution >= 4 is 5.97 Å².